The lowest BCUT2D eigenvalue weighted by Gasteiger charge is -2.55. The highest BCUT2D eigenvalue weighted by Gasteiger charge is 2.49. The average Bonchev–Trinajstić information content (AvgIpc) is 3.58. The van der Waals surface area contributed by atoms with E-state index in [0.29, 0.717) is 18.5 Å². The molecule has 5 rings (SSSR count). The topological polar surface area (TPSA) is 32.3 Å². The Hall–Kier alpha value is -1.84. The van der Waals surface area contributed by atoms with Crippen molar-refractivity contribution in [3.8, 4) is 0 Å². The van der Waals surface area contributed by atoms with Gasteiger partial charge in [0.2, 0.25) is 0 Å². The van der Waals surface area contributed by atoms with Crippen molar-refractivity contribution in [3.05, 3.63) is 69.7 Å². The van der Waals surface area contributed by atoms with Crippen molar-refractivity contribution < 1.29 is 4.79 Å². The zero-order valence-corrected chi connectivity index (χ0v) is 19.4. The van der Waals surface area contributed by atoms with Crippen molar-refractivity contribution in [2.24, 2.45) is 11.8 Å². The summed E-state index contributed by atoms with van der Waals surface area (Å²) in [6.07, 6.45) is 5.95. The van der Waals surface area contributed by atoms with Gasteiger partial charge in [0.25, 0.3) is 5.91 Å². The van der Waals surface area contributed by atoms with Crippen molar-refractivity contribution in [2.75, 3.05) is 19.6 Å². The number of amides is 1. The first-order valence-corrected chi connectivity index (χ1v) is 12.2. The molecule has 164 valence electrons. The first-order valence-electron chi connectivity index (χ1n) is 11.8. The number of rotatable bonds is 6. The normalized spacial score (nSPS) is 27.6. The fraction of sp³-hybridized carbons (Fsp3) is 0.519. The van der Waals surface area contributed by atoms with Crippen LogP contribution in [0.25, 0.3) is 0 Å². The first kappa shape index (κ1) is 21.0. The molecule has 2 aliphatic carbocycles. The number of fused-ring (bicyclic) bond motifs is 4. The fourth-order valence-electron chi connectivity index (χ4n) is 5.78. The third kappa shape index (κ3) is 4.15. The summed E-state index contributed by atoms with van der Waals surface area (Å²) in [4.78, 5) is 15.6. The monoisotopic (exact) mass is 436 g/mol. The minimum absolute atomic E-state index is 0.0290. The molecular formula is C27H33ClN2O. The summed E-state index contributed by atoms with van der Waals surface area (Å²) < 4.78 is 0. The lowest BCUT2D eigenvalue weighted by atomic mass is 9.59. The number of benzene rings is 2. The number of carbonyl (C=O) groups is 1. The highest BCUT2D eigenvalue weighted by Crippen LogP contribution is 2.49. The smallest absolute Gasteiger partial charge is 0.251 e. The van der Waals surface area contributed by atoms with Gasteiger partial charge in [-0.1, -0.05) is 43.6 Å². The van der Waals surface area contributed by atoms with E-state index in [1.807, 2.05) is 30.3 Å². The van der Waals surface area contributed by atoms with Gasteiger partial charge in [0.1, 0.15) is 0 Å². The Labute approximate surface area is 191 Å². The van der Waals surface area contributed by atoms with Crippen molar-refractivity contribution in [2.45, 2.75) is 57.4 Å². The molecule has 31 heavy (non-hydrogen) atoms. The van der Waals surface area contributed by atoms with Gasteiger partial charge in [0.05, 0.1) is 0 Å². The van der Waals surface area contributed by atoms with E-state index in [1.54, 1.807) is 0 Å². The van der Waals surface area contributed by atoms with Crippen LogP contribution in [0, 0.1) is 11.8 Å². The van der Waals surface area contributed by atoms with Gasteiger partial charge in [-0.25, -0.2) is 0 Å². The Morgan fingerprint density at radius 1 is 1.19 bits per heavy atom. The van der Waals surface area contributed by atoms with Crippen molar-refractivity contribution in [1.82, 2.24) is 10.2 Å². The zero-order valence-electron chi connectivity index (χ0n) is 18.7. The van der Waals surface area contributed by atoms with Gasteiger partial charge >= 0.3 is 0 Å². The molecule has 1 heterocycles. The summed E-state index contributed by atoms with van der Waals surface area (Å²) in [6, 6.07) is 14.9. The SMILES string of the molecule is C[C@H]1C2Cc3ccc(C(=O)NCCc4ccc(Cl)cc4)cc3[C@@]1(C)CCN2CC1CC1. The molecule has 2 bridgehead atoms. The molecule has 1 unspecified atom stereocenters. The highest BCUT2D eigenvalue weighted by atomic mass is 35.5. The summed E-state index contributed by atoms with van der Waals surface area (Å²) in [5, 5.41) is 3.84. The summed E-state index contributed by atoms with van der Waals surface area (Å²) >= 11 is 5.95. The molecule has 2 aromatic carbocycles. The number of nitrogens with zero attached hydrogens (tertiary/aromatic N) is 1. The van der Waals surface area contributed by atoms with Crippen LogP contribution >= 0.6 is 11.6 Å². The van der Waals surface area contributed by atoms with Crippen LogP contribution in [0.2, 0.25) is 5.02 Å². The Balaban J connectivity index is 1.28. The fourth-order valence-corrected chi connectivity index (χ4v) is 5.91. The highest BCUT2D eigenvalue weighted by molar-refractivity contribution is 6.30. The molecule has 0 aromatic heterocycles. The van der Waals surface area contributed by atoms with Crippen molar-refractivity contribution in [3.63, 3.8) is 0 Å². The first-order chi connectivity index (χ1) is 14.9. The Morgan fingerprint density at radius 2 is 1.97 bits per heavy atom. The van der Waals surface area contributed by atoms with Gasteiger partial charge in [-0.2, -0.15) is 0 Å². The maximum Gasteiger partial charge on any atom is 0.251 e. The maximum absolute atomic E-state index is 12.9. The molecule has 1 aliphatic heterocycles. The van der Waals surface area contributed by atoms with Crippen LogP contribution < -0.4 is 5.32 Å². The van der Waals surface area contributed by atoms with Crippen molar-refractivity contribution >= 4 is 17.5 Å². The number of halogens is 1. The van der Waals surface area contributed by atoms with E-state index in [2.05, 4.69) is 36.2 Å². The van der Waals surface area contributed by atoms with Gasteiger partial charge < -0.3 is 5.32 Å². The molecule has 2 fully saturated rings. The second-order valence-electron chi connectivity index (χ2n) is 10.2. The van der Waals surface area contributed by atoms with E-state index >= 15 is 0 Å². The second kappa shape index (κ2) is 8.26. The van der Waals surface area contributed by atoms with Crippen LogP contribution in [-0.2, 0) is 18.3 Å². The van der Waals surface area contributed by atoms with E-state index < -0.39 is 0 Å². The molecule has 3 aliphatic rings. The number of piperidine rings is 1. The quantitative estimate of drug-likeness (QED) is 0.670. The summed E-state index contributed by atoms with van der Waals surface area (Å²) in [7, 11) is 0. The van der Waals surface area contributed by atoms with Gasteiger partial charge in [-0.15, -0.1) is 0 Å². The lowest BCUT2D eigenvalue weighted by molar-refractivity contribution is 0.0284. The Morgan fingerprint density at radius 3 is 2.71 bits per heavy atom. The molecule has 1 N–H and O–H groups in total. The lowest BCUT2D eigenvalue weighted by Crippen LogP contribution is -2.58. The predicted octanol–water partition coefficient (Wildman–Crippen LogP) is 5.25. The predicted molar refractivity (Wildman–Crippen MR) is 127 cm³/mol. The van der Waals surface area contributed by atoms with E-state index in [0.717, 1.165) is 29.3 Å². The average molecular weight is 437 g/mol. The van der Waals surface area contributed by atoms with Crippen LogP contribution in [0.1, 0.15) is 60.2 Å². The third-order valence-electron chi connectivity index (χ3n) is 8.19. The van der Waals surface area contributed by atoms with Gasteiger partial charge in [-0.05, 0) is 96.9 Å². The van der Waals surface area contributed by atoms with Gasteiger partial charge in [-0.3, -0.25) is 9.69 Å². The van der Waals surface area contributed by atoms with Crippen molar-refractivity contribution in [1.29, 1.82) is 0 Å². The van der Waals surface area contributed by atoms with E-state index in [-0.39, 0.29) is 11.3 Å². The number of hydrogen-bond acceptors (Lipinski definition) is 2. The molecule has 0 spiro atoms. The van der Waals surface area contributed by atoms with Crippen LogP contribution in [0.4, 0.5) is 0 Å². The zero-order chi connectivity index (χ0) is 21.6. The van der Waals surface area contributed by atoms with Crippen LogP contribution in [0.15, 0.2) is 42.5 Å². The minimum atomic E-state index is 0.0290. The molecule has 3 atom stereocenters. The maximum atomic E-state index is 12.9. The van der Waals surface area contributed by atoms with E-state index in [4.69, 9.17) is 11.6 Å². The van der Waals surface area contributed by atoms with Crippen LogP contribution in [0.5, 0.6) is 0 Å². The van der Waals surface area contributed by atoms with Crippen LogP contribution in [0.3, 0.4) is 0 Å². The number of nitrogens with one attached hydrogen (secondary N) is 1. The summed E-state index contributed by atoms with van der Waals surface area (Å²) in [6.45, 7) is 7.97. The third-order valence-corrected chi connectivity index (χ3v) is 8.44. The largest absolute Gasteiger partial charge is 0.352 e. The Kier molecular flexibility index (Phi) is 5.60. The molecule has 3 nitrogen and oxygen atoms in total. The van der Waals surface area contributed by atoms with E-state index in [9.17, 15) is 4.79 Å². The molecule has 1 saturated heterocycles. The van der Waals surface area contributed by atoms with Gasteiger partial charge in [0.15, 0.2) is 0 Å². The number of carbonyl (C=O) groups excluding carboxylic acids is 1. The Bertz CT molecular complexity index is 968. The molecular weight excluding hydrogens is 404 g/mol. The molecule has 0 radical (unpaired) electrons. The second-order valence-corrected chi connectivity index (χ2v) is 10.6. The van der Waals surface area contributed by atoms with E-state index in [1.165, 1.54) is 49.0 Å². The number of hydrogen-bond donors (Lipinski definition) is 1. The number of likely N-dealkylation sites (tertiary alicyclic amines) is 1. The molecule has 1 saturated carbocycles. The summed E-state index contributed by atoms with van der Waals surface area (Å²) in [5.41, 5.74) is 5.00. The molecule has 1 amide bonds. The standard InChI is InChI=1S/C27H33ClN2O/c1-18-25-16-21-7-8-22(26(31)29-13-11-19-5-9-23(28)10-6-19)15-24(21)27(18,2)12-14-30(25)17-20-3-4-20/h5-10,15,18,20,25H,3-4,11-14,16-17H2,1-2H3,(H,29,31)/t18-,25?,27-/m0/s1. The summed E-state index contributed by atoms with van der Waals surface area (Å²) in [5.74, 6) is 1.59. The molecule has 2 aromatic rings. The molecule has 4 heteroatoms. The minimum Gasteiger partial charge on any atom is -0.352 e. The van der Waals surface area contributed by atoms with Gasteiger partial charge in [0, 0.05) is 29.7 Å². The van der Waals surface area contributed by atoms with Crippen LogP contribution in [-0.4, -0.2) is 36.5 Å².